The van der Waals surface area contributed by atoms with E-state index >= 15 is 0 Å². The van der Waals surface area contributed by atoms with Gasteiger partial charge < -0.3 is 10.5 Å². The van der Waals surface area contributed by atoms with Gasteiger partial charge in [0.2, 0.25) is 0 Å². The molecule has 0 bridgehead atoms. The zero-order chi connectivity index (χ0) is 11.8. The van der Waals surface area contributed by atoms with Crippen LogP contribution in [0.1, 0.15) is 12.0 Å². The number of ether oxygens (including phenoxy) is 1. The minimum absolute atomic E-state index is 0.376. The average molecular weight is 216 g/mol. The lowest BCUT2D eigenvalue weighted by Gasteiger charge is -2.03. The Labute approximate surface area is 93.8 Å². The Morgan fingerprint density at radius 1 is 1.56 bits per heavy atom. The normalized spacial score (nSPS) is 8.56. The first-order valence-corrected chi connectivity index (χ1v) is 4.71. The summed E-state index contributed by atoms with van der Waals surface area (Å²) in [6.45, 7) is 0.376. The number of benzene rings is 1. The van der Waals surface area contributed by atoms with Gasteiger partial charge in [-0.1, -0.05) is 17.0 Å². The van der Waals surface area contributed by atoms with Crippen LogP contribution in [0.2, 0.25) is 0 Å². The second-order valence-corrected chi connectivity index (χ2v) is 2.97. The highest BCUT2D eigenvalue weighted by Crippen LogP contribution is 2.20. The highest BCUT2D eigenvalue weighted by atomic mass is 16.5. The smallest absolute Gasteiger partial charge is 0.136 e. The number of hydrogen-bond donors (Lipinski definition) is 1. The van der Waals surface area contributed by atoms with Gasteiger partial charge in [0, 0.05) is 29.6 Å². The zero-order valence-electron chi connectivity index (χ0n) is 8.97. The maximum atomic E-state index is 8.07. The number of anilines is 1. The van der Waals surface area contributed by atoms with Crippen molar-refractivity contribution < 1.29 is 4.74 Å². The molecular formula is C11H12N4O. The molecule has 1 aromatic carbocycles. The molecule has 0 fully saturated rings. The van der Waals surface area contributed by atoms with Crippen molar-refractivity contribution in [2.75, 3.05) is 19.4 Å². The van der Waals surface area contributed by atoms with Crippen molar-refractivity contribution in [2.45, 2.75) is 6.42 Å². The van der Waals surface area contributed by atoms with Gasteiger partial charge >= 0.3 is 0 Å². The Hall–Kier alpha value is -2.31. The highest BCUT2D eigenvalue weighted by molar-refractivity contribution is 5.54. The molecule has 5 heteroatoms. The standard InChI is InChI=1S/C11H12N4O/c1-16-11-8-10(12)6-5-9(11)4-2-3-7-14-15-13/h5-6,8H,3,7,12H2,1H3. The van der Waals surface area contributed by atoms with Crippen LogP contribution in [0.5, 0.6) is 5.75 Å². The number of rotatable bonds is 3. The first kappa shape index (κ1) is 11.8. The number of azide groups is 1. The van der Waals surface area contributed by atoms with Crippen LogP contribution in [0.3, 0.4) is 0 Å². The molecule has 1 aromatic rings. The molecule has 0 aliphatic rings. The molecule has 0 amide bonds. The van der Waals surface area contributed by atoms with Crippen LogP contribution in [0.4, 0.5) is 5.69 Å². The van der Waals surface area contributed by atoms with Crippen LogP contribution < -0.4 is 10.5 Å². The number of nitrogens with zero attached hydrogens (tertiary/aromatic N) is 3. The van der Waals surface area contributed by atoms with Gasteiger partial charge in [-0.3, -0.25) is 0 Å². The second-order valence-electron chi connectivity index (χ2n) is 2.97. The van der Waals surface area contributed by atoms with E-state index in [-0.39, 0.29) is 0 Å². The molecule has 0 saturated carbocycles. The fourth-order valence-electron chi connectivity index (χ4n) is 1.12. The third-order valence-corrected chi connectivity index (χ3v) is 1.85. The Kier molecular flexibility index (Phi) is 4.58. The lowest BCUT2D eigenvalue weighted by atomic mass is 10.2. The number of methoxy groups -OCH3 is 1. The SMILES string of the molecule is COc1cc(N)ccc1C#CCCN=[N+]=[N-]. The summed E-state index contributed by atoms with van der Waals surface area (Å²) in [5.74, 6) is 6.48. The van der Waals surface area contributed by atoms with E-state index < -0.39 is 0 Å². The van der Waals surface area contributed by atoms with E-state index in [4.69, 9.17) is 16.0 Å². The lowest BCUT2D eigenvalue weighted by Crippen LogP contribution is -1.91. The molecule has 0 atom stereocenters. The van der Waals surface area contributed by atoms with Crippen molar-refractivity contribution in [1.82, 2.24) is 0 Å². The Morgan fingerprint density at radius 3 is 3.06 bits per heavy atom. The summed E-state index contributed by atoms with van der Waals surface area (Å²) < 4.78 is 5.14. The second kappa shape index (κ2) is 6.23. The van der Waals surface area contributed by atoms with Crippen LogP contribution in [0, 0.1) is 11.8 Å². The van der Waals surface area contributed by atoms with Gasteiger partial charge in [-0.25, -0.2) is 0 Å². The Bertz CT molecular complexity index is 467. The quantitative estimate of drug-likeness (QED) is 0.210. The monoisotopic (exact) mass is 216 g/mol. The average Bonchev–Trinajstić information content (AvgIpc) is 2.30. The summed E-state index contributed by atoms with van der Waals surface area (Å²) in [5, 5.41) is 3.39. The molecule has 0 aromatic heterocycles. The summed E-state index contributed by atoms with van der Waals surface area (Å²) >= 11 is 0. The zero-order valence-corrected chi connectivity index (χ0v) is 8.97. The molecule has 0 heterocycles. The molecule has 0 spiro atoms. The van der Waals surface area contributed by atoms with Crippen LogP contribution in [-0.4, -0.2) is 13.7 Å². The molecule has 0 unspecified atom stereocenters. The highest BCUT2D eigenvalue weighted by Gasteiger charge is 1.99. The number of hydrogen-bond acceptors (Lipinski definition) is 3. The predicted molar refractivity (Wildman–Crippen MR) is 62.9 cm³/mol. The molecule has 0 aliphatic carbocycles. The molecule has 0 saturated heterocycles. The molecule has 2 N–H and O–H groups in total. The van der Waals surface area contributed by atoms with Gasteiger partial charge in [-0.05, 0) is 17.7 Å². The number of nitrogen functional groups attached to an aromatic ring is 1. The summed E-state index contributed by atoms with van der Waals surface area (Å²) in [7, 11) is 1.57. The van der Waals surface area contributed by atoms with Crippen molar-refractivity contribution >= 4 is 5.69 Å². The fourth-order valence-corrected chi connectivity index (χ4v) is 1.12. The predicted octanol–water partition coefficient (Wildman–Crippen LogP) is 2.33. The minimum Gasteiger partial charge on any atom is -0.495 e. The van der Waals surface area contributed by atoms with Gasteiger partial charge in [0.15, 0.2) is 0 Å². The molecule has 1 rings (SSSR count). The first-order valence-electron chi connectivity index (χ1n) is 4.71. The third-order valence-electron chi connectivity index (χ3n) is 1.85. The van der Waals surface area contributed by atoms with Crippen LogP contribution >= 0.6 is 0 Å². The van der Waals surface area contributed by atoms with Crippen molar-refractivity contribution in [2.24, 2.45) is 5.11 Å². The molecule has 5 nitrogen and oxygen atoms in total. The van der Waals surface area contributed by atoms with Crippen molar-refractivity contribution in [1.29, 1.82) is 0 Å². The van der Waals surface area contributed by atoms with E-state index in [2.05, 4.69) is 21.9 Å². The maximum absolute atomic E-state index is 8.07. The maximum Gasteiger partial charge on any atom is 0.136 e. The third kappa shape index (κ3) is 3.45. The van der Waals surface area contributed by atoms with Crippen molar-refractivity contribution in [3.63, 3.8) is 0 Å². The minimum atomic E-state index is 0.376. The van der Waals surface area contributed by atoms with E-state index in [0.717, 1.165) is 5.56 Å². The van der Waals surface area contributed by atoms with Gasteiger partial charge in [0.25, 0.3) is 0 Å². The molecular weight excluding hydrogens is 204 g/mol. The molecule has 0 radical (unpaired) electrons. The van der Waals surface area contributed by atoms with Gasteiger partial charge in [-0.2, -0.15) is 0 Å². The molecule has 82 valence electrons. The Balaban J connectivity index is 2.75. The Morgan fingerprint density at radius 2 is 2.38 bits per heavy atom. The van der Waals surface area contributed by atoms with E-state index in [1.54, 1.807) is 25.3 Å². The molecule has 0 aliphatic heterocycles. The van der Waals surface area contributed by atoms with Gasteiger partial charge in [-0.15, -0.1) is 0 Å². The summed E-state index contributed by atoms with van der Waals surface area (Å²) in [4.78, 5) is 2.64. The number of nitrogens with two attached hydrogens (primary N) is 1. The van der Waals surface area contributed by atoms with E-state index in [1.807, 2.05) is 0 Å². The lowest BCUT2D eigenvalue weighted by molar-refractivity contribution is 0.414. The fraction of sp³-hybridized carbons (Fsp3) is 0.273. The van der Waals surface area contributed by atoms with Crippen LogP contribution in [0.25, 0.3) is 10.4 Å². The van der Waals surface area contributed by atoms with E-state index in [1.165, 1.54) is 0 Å². The van der Waals surface area contributed by atoms with Crippen LogP contribution in [-0.2, 0) is 0 Å². The van der Waals surface area contributed by atoms with Crippen molar-refractivity contribution in [3.05, 3.63) is 34.2 Å². The van der Waals surface area contributed by atoms with Crippen molar-refractivity contribution in [3.8, 4) is 17.6 Å². The van der Waals surface area contributed by atoms with Gasteiger partial charge in [0.05, 0.1) is 12.7 Å². The summed E-state index contributed by atoms with van der Waals surface area (Å²) in [5.41, 5.74) is 15.1. The molecule has 16 heavy (non-hydrogen) atoms. The largest absolute Gasteiger partial charge is 0.495 e. The first-order chi connectivity index (χ1) is 7.77. The van der Waals surface area contributed by atoms with Gasteiger partial charge in [0.1, 0.15) is 5.75 Å². The summed E-state index contributed by atoms with van der Waals surface area (Å²) in [6, 6.07) is 5.28. The van der Waals surface area contributed by atoms with Crippen LogP contribution in [0.15, 0.2) is 23.3 Å². The van der Waals surface area contributed by atoms with E-state index in [0.29, 0.717) is 24.4 Å². The summed E-state index contributed by atoms with van der Waals surface area (Å²) in [6.07, 6.45) is 0.525. The topological polar surface area (TPSA) is 84.0 Å². The van der Waals surface area contributed by atoms with E-state index in [9.17, 15) is 0 Å².